The molecule has 0 saturated heterocycles. The van der Waals surface area contributed by atoms with Crippen molar-refractivity contribution in [1.82, 2.24) is 0 Å². The Kier molecular flexibility index (Phi) is 5.93. The lowest BCUT2D eigenvalue weighted by atomic mass is 10.1. The Morgan fingerprint density at radius 1 is 1.33 bits per heavy atom. The molecule has 6 heteroatoms. The van der Waals surface area contributed by atoms with Gasteiger partial charge in [0.15, 0.2) is 6.29 Å². The number of carbonyl (C=O) groups excluding carboxylic acids is 1. The lowest BCUT2D eigenvalue weighted by Crippen LogP contribution is -2.42. The van der Waals surface area contributed by atoms with Gasteiger partial charge >= 0.3 is 0 Å². The molecule has 0 aromatic carbocycles. The van der Waals surface area contributed by atoms with E-state index in [0.29, 0.717) is 0 Å². The van der Waals surface area contributed by atoms with Gasteiger partial charge in [-0.15, -0.1) is 0 Å². The second kappa shape index (κ2) is 5.81. The summed E-state index contributed by atoms with van der Waals surface area (Å²) in [5.74, 6) is 0. The molecule has 0 amide bonds. The molecule has 0 radical (unpaired) electrons. The monoisotopic (exact) mass is 287 g/mol. The number of halogens is 1. The first-order valence-corrected chi connectivity index (χ1v) is 4.53. The molecule has 0 saturated carbocycles. The summed E-state index contributed by atoms with van der Waals surface area (Å²) in [4.78, 5) is 10.0. The van der Waals surface area contributed by atoms with E-state index in [2.05, 4.69) is 0 Å². The molecule has 12 heavy (non-hydrogen) atoms. The van der Waals surface area contributed by atoms with E-state index in [4.69, 9.17) is 20.4 Å². The van der Waals surface area contributed by atoms with Gasteiger partial charge in [0.25, 0.3) is 0 Å². The zero-order chi connectivity index (χ0) is 9.72. The van der Waals surface area contributed by atoms with Crippen LogP contribution in [0.5, 0.6) is 0 Å². The van der Waals surface area contributed by atoms with E-state index in [1.807, 2.05) is 0 Å². The predicted octanol–water partition coefficient (Wildman–Crippen LogP) is -1.94. The van der Waals surface area contributed by atoms with Crippen LogP contribution >= 0.6 is 22.6 Å². The quantitative estimate of drug-likeness (QED) is 0.268. The predicted molar refractivity (Wildman–Crippen MR) is 49.0 cm³/mol. The van der Waals surface area contributed by atoms with Crippen molar-refractivity contribution in [3.05, 3.63) is 0 Å². The Hall–Kier alpha value is 0.240. The van der Waals surface area contributed by atoms with Gasteiger partial charge in [0, 0.05) is 0 Å². The van der Waals surface area contributed by atoms with E-state index in [0.717, 1.165) is 0 Å². The van der Waals surface area contributed by atoms with E-state index in [-0.39, 0.29) is 6.29 Å². The van der Waals surface area contributed by atoms with Crippen LogP contribution in [0.25, 0.3) is 0 Å². The minimum atomic E-state index is -1.52. The van der Waals surface area contributed by atoms with Crippen LogP contribution in [0.3, 0.4) is 0 Å². The van der Waals surface area contributed by atoms with Crippen molar-refractivity contribution in [3.8, 4) is 0 Å². The Bertz CT molecular complexity index is 142. The third-order valence-corrected chi connectivity index (χ3v) is 2.94. The summed E-state index contributed by atoms with van der Waals surface area (Å²) in [7, 11) is 0. The molecule has 0 bridgehead atoms. The number of aldehydes is 1. The first-order chi connectivity index (χ1) is 5.54. The lowest BCUT2D eigenvalue weighted by Gasteiger charge is -2.22. The smallest absolute Gasteiger partial charge is 0.151 e. The van der Waals surface area contributed by atoms with E-state index < -0.39 is 28.8 Å². The van der Waals surface area contributed by atoms with Crippen LogP contribution in [0.2, 0.25) is 0 Å². The molecule has 4 atom stereocenters. The SMILES string of the molecule is O=C[C@H](O)[C@@H](O)[C@@H]([124I])[C@H](O)CO. The highest BCUT2D eigenvalue weighted by Gasteiger charge is 2.28. The average molecular weight is 287 g/mol. The van der Waals surface area contributed by atoms with E-state index >= 15 is 0 Å². The van der Waals surface area contributed by atoms with Gasteiger partial charge in [-0.1, -0.05) is 22.6 Å². The van der Waals surface area contributed by atoms with Crippen LogP contribution in [0.15, 0.2) is 0 Å². The second-order valence-electron chi connectivity index (χ2n) is 2.31. The van der Waals surface area contributed by atoms with Crippen LogP contribution in [-0.2, 0) is 4.79 Å². The average Bonchev–Trinajstić information content (AvgIpc) is 2.12. The van der Waals surface area contributed by atoms with E-state index in [1.165, 1.54) is 0 Å². The van der Waals surface area contributed by atoms with E-state index in [1.54, 1.807) is 22.6 Å². The van der Waals surface area contributed by atoms with Gasteiger partial charge in [-0.2, -0.15) is 0 Å². The van der Waals surface area contributed by atoms with Gasteiger partial charge in [-0.05, 0) is 0 Å². The lowest BCUT2D eigenvalue weighted by molar-refractivity contribution is -0.120. The van der Waals surface area contributed by atoms with Gasteiger partial charge in [-0.3, -0.25) is 0 Å². The molecule has 0 spiro atoms. The summed E-state index contributed by atoms with van der Waals surface area (Å²) in [5, 5.41) is 35.4. The maximum Gasteiger partial charge on any atom is 0.151 e. The molecule has 0 rings (SSSR count). The van der Waals surface area contributed by atoms with Gasteiger partial charge in [0.1, 0.15) is 12.2 Å². The van der Waals surface area contributed by atoms with Crippen LogP contribution in [0.4, 0.5) is 0 Å². The molecule has 0 fully saturated rings. The van der Waals surface area contributed by atoms with Gasteiger partial charge in [0.2, 0.25) is 0 Å². The summed E-state index contributed by atoms with van der Waals surface area (Å²) in [6.07, 6.45) is -3.84. The molecule has 5 nitrogen and oxygen atoms in total. The number of aliphatic hydroxyl groups is 4. The third kappa shape index (κ3) is 3.31. The number of aliphatic hydroxyl groups excluding tert-OH is 4. The van der Waals surface area contributed by atoms with Crippen molar-refractivity contribution < 1.29 is 25.2 Å². The zero-order valence-corrected chi connectivity index (χ0v) is 8.33. The van der Waals surface area contributed by atoms with Crippen molar-refractivity contribution in [1.29, 1.82) is 0 Å². The largest absolute Gasteiger partial charge is 0.394 e. The van der Waals surface area contributed by atoms with Crippen LogP contribution in [0.1, 0.15) is 0 Å². The molecule has 0 aliphatic carbocycles. The number of rotatable bonds is 5. The topological polar surface area (TPSA) is 98.0 Å². The van der Waals surface area contributed by atoms with Gasteiger partial charge in [-0.25, -0.2) is 0 Å². The fourth-order valence-electron chi connectivity index (χ4n) is 0.597. The Morgan fingerprint density at radius 2 is 1.83 bits per heavy atom. The van der Waals surface area contributed by atoms with E-state index in [9.17, 15) is 4.79 Å². The number of carbonyl (C=O) groups is 1. The molecule has 0 aliphatic heterocycles. The maximum absolute atomic E-state index is 10.0. The molecule has 0 aromatic heterocycles. The van der Waals surface area contributed by atoms with Crippen LogP contribution < -0.4 is 0 Å². The van der Waals surface area contributed by atoms with Crippen molar-refractivity contribution in [2.75, 3.05) is 6.61 Å². The molecule has 4 N–H and O–H groups in total. The fourth-order valence-corrected chi connectivity index (χ4v) is 1.25. The molecular weight excluding hydrogens is 276 g/mol. The van der Waals surface area contributed by atoms with Crippen molar-refractivity contribution in [3.63, 3.8) is 0 Å². The zero-order valence-electron chi connectivity index (χ0n) is 6.17. The molecule has 0 unspecified atom stereocenters. The second-order valence-corrected chi connectivity index (χ2v) is 3.75. The highest BCUT2D eigenvalue weighted by Crippen LogP contribution is 2.13. The molecule has 0 aromatic rings. The summed E-state index contributed by atoms with van der Waals surface area (Å²) in [6.45, 7) is -0.518. The highest BCUT2D eigenvalue weighted by atomic mass is 124. The molecule has 72 valence electrons. The van der Waals surface area contributed by atoms with Crippen molar-refractivity contribution in [2.24, 2.45) is 0 Å². The van der Waals surface area contributed by atoms with Crippen molar-refractivity contribution >= 4 is 28.9 Å². The number of hydrogen-bond acceptors (Lipinski definition) is 5. The minimum absolute atomic E-state index is 0.181. The summed E-state index contributed by atoms with van der Waals surface area (Å²) in [5.41, 5.74) is 0. The van der Waals surface area contributed by atoms with Gasteiger partial charge in [0.05, 0.1) is 16.6 Å². The molecule has 0 heterocycles. The Labute approximate surface area is 83.2 Å². The first kappa shape index (κ1) is 12.2. The Morgan fingerprint density at radius 3 is 2.17 bits per heavy atom. The number of alkyl halides is 1. The summed E-state index contributed by atoms with van der Waals surface area (Å²) >= 11 is 1.65. The maximum atomic E-state index is 10.0. The number of hydrogen-bond donors (Lipinski definition) is 4. The summed E-state index contributed by atoms with van der Waals surface area (Å²) in [6, 6.07) is 0. The molecule has 0 aliphatic rings. The van der Waals surface area contributed by atoms with Crippen LogP contribution in [-0.4, -0.2) is 55.6 Å². The van der Waals surface area contributed by atoms with Crippen molar-refractivity contribution in [2.45, 2.75) is 22.2 Å². The third-order valence-electron chi connectivity index (χ3n) is 1.37. The highest BCUT2D eigenvalue weighted by molar-refractivity contribution is 14.1. The first-order valence-electron chi connectivity index (χ1n) is 3.29. The molecular formula is C6H11IO5. The fraction of sp³-hybridized carbons (Fsp3) is 0.833. The normalized spacial score (nSPS) is 21.1. The summed E-state index contributed by atoms with van der Waals surface area (Å²) < 4.78 is -0.771. The van der Waals surface area contributed by atoms with Crippen LogP contribution in [0, 0.1) is 0 Å². The Balaban J connectivity index is 4.07. The standard InChI is InChI=1S/C6H11IO5/c7-5(3(10)1-8)6(12)4(11)2-9/h2-6,8,10-12H,1H2/t3-,4+,5+,6-/m1/s1/i7-3. The minimum Gasteiger partial charge on any atom is -0.394 e. The van der Waals surface area contributed by atoms with Gasteiger partial charge < -0.3 is 25.2 Å².